The molecule has 0 saturated heterocycles. The van der Waals surface area contributed by atoms with Gasteiger partial charge in [-0.2, -0.15) is 0 Å². The summed E-state index contributed by atoms with van der Waals surface area (Å²) >= 11 is 0. The first-order valence-corrected chi connectivity index (χ1v) is 11.0. The lowest BCUT2D eigenvalue weighted by Gasteiger charge is -2.08. The Bertz CT molecular complexity index is 278. The van der Waals surface area contributed by atoms with Gasteiger partial charge in [-0.25, -0.2) is 0 Å². The summed E-state index contributed by atoms with van der Waals surface area (Å²) in [6.07, 6.45) is 20.5. The first-order chi connectivity index (χ1) is 12.2. The Morgan fingerprint density at radius 3 is 1.52 bits per heavy atom. The van der Waals surface area contributed by atoms with E-state index in [1.54, 1.807) is 0 Å². The van der Waals surface area contributed by atoms with Crippen LogP contribution in [0.5, 0.6) is 0 Å². The van der Waals surface area contributed by atoms with Crippen LogP contribution >= 0.6 is 0 Å². The van der Waals surface area contributed by atoms with Crippen molar-refractivity contribution in [2.75, 3.05) is 6.61 Å². The fraction of sp³-hybridized carbons (Fsp3) is 0.955. The van der Waals surface area contributed by atoms with Crippen molar-refractivity contribution in [1.29, 1.82) is 0 Å². The second-order valence-electron chi connectivity index (χ2n) is 7.44. The lowest BCUT2D eigenvalue weighted by Crippen LogP contribution is -2.17. The number of hydrogen-bond donors (Lipinski definition) is 1. The zero-order valence-corrected chi connectivity index (χ0v) is 17.1. The third kappa shape index (κ3) is 19.6. The number of carbonyl (C=O) groups excluding carboxylic acids is 1. The molecule has 0 aliphatic rings. The molecule has 0 rings (SSSR count). The number of hydrogen-bond acceptors (Lipinski definition) is 3. The summed E-state index contributed by atoms with van der Waals surface area (Å²) in [5, 5.41) is 9.33. The molecule has 0 aromatic rings. The summed E-state index contributed by atoms with van der Waals surface area (Å²) in [5.74, 6) is -0.165. The van der Waals surface area contributed by atoms with Gasteiger partial charge in [-0.3, -0.25) is 4.79 Å². The molecule has 3 nitrogen and oxygen atoms in total. The van der Waals surface area contributed by atoms with E-state index in [0.29, 0.717) is 12.8 Å². The maximum Gasteiger partial charge on any atom is 0.305 e. The molecular formula is C22H44O3. The number of unbranched alkanes of at least 4 members (excludes halogenated alkanes) is 14. The number of aliphatic hydroxyl groups is 1. The Morgan fingerprint density at radius 2 is 1.12 bits per heavy atom. The molecule has 0 aromatic heterocycles. The molecule has 0 aliphatic carbocycles. The van der Waals surface area contributed by atoms with Crippen molar-refractivity contribution in [3.63, 3.8) is 0 Å². The van der Waals surface area contributed by atoms with Gasteiger partial charge in [-0.1, -0.05) is 104 Å². The molecule has 0 aliphatic heterocycles. The summed E-state index contributed by atoms with van der Waals surface area (Å²) < 4.78 is 5.02. The number of ether oxygens (including phenoxy) is 1. The van der Waals surface area contributed by atoms with Gasteiger partial charge in [-0.15, -0.1) is 0 Å². The standard InChI is InChI=1S/C22H44O3/c1-3-5-6-7-8-9-10-11-12-13-14-15-16-17-18-19-22(24)25-20-21(23)4-2/h21,23H,3-20H2,1-2H3. The SMILES string of the molecule is CCCCCCCCCCCCCCCCCC(=O)OCC(O)CC. The lowest BCUT2D eigenvalue weighted by atomic mass is 10.0. The quantitative estimate of drug-likeness (QED) is 0.210. The summed E-state index contributed by atoms with van der Waals surface area (Å²) in [6, 6.07) is 0. The summed E-state index contributed by atoms with van der Waals surface area (Å²) in [4.78, 5) is 11.5. The fourth-order valence-electron chi connectivity index (χ4n) is 3.02. The van der Waals surface area contributed by atoms with E-state index in [0.717, 1.165) is 12.8 Å². The van der Waals surface area contributed by atoms with E-state index in [1.807, 2.05) is 6.92 Å². The van der Waals surface area contributed by atoms with Crippen LogP contribution in [-0.4, -0.2) is 23.8 Å². The Kier molecular flexibility index (Phi) is 19.3. The number of esters is 1. The van der Waals surface area contributed by atoms with Crippen molar-refractivity contribution in [2.45, 2.75) is 129 Å². The van der Waals surface area contributed by atoms with Gasteiger partial charge in [0.15, 0.2) is 0 Å². The molecular weight excluding hydrogens is 312 g/mol. The molecule has 25 heavy (non-hydrogen) atoms. The first-order valence-electron chi connectivity index (χ1n) is 11.0. The zero-order valence-electron chi connectivity index (χ0n) is 17.1. The fourth-order valence-corrected chi connectivity index (χ4v) is 3.02. The first kappa shape index (κ1) is 24.4. The van der Waals surface area contributed by atoms with Crippen LogP contribution in [0.2, 0.25) is 0 Å². The maximum absolute atomic E-state index is 11.5. The maximum atomic E-state index is 11.5. The Balaban J connectivity index is 3.12. The third-order valence-electron chi connectivity index (χ3n) is 4.89. The van der Waals surface area contributed by atoms with Gasteiger partial charge in [0, 0.05) is 6.42 Å². The lowest BCUT2D eigenvalue weighted by molar-refractivity contribution is -0.146. The van der Waals surface area contributed by atoms with Gasteiger partial charge in [0.2, 0.25) is 0 Å². The van der Waals surface area contributed by atoms with E-state index in [9.17, 15) is 9.90 Å². The molecule has 3 heteroatoms. The monoisotopic (exact) mass is 356 g/mol. The van der Waals surface area contributed by atoms with Gasteiger partial charge in [-0.05, 0) is 12.8 Å². The van der Waals surface area contributed by atoms with E-state index < -0.39 is 6.10 Å². The highest BCUT2D eigenvalue weighted by Crippen LogP contribution is 2.13. The highest BCUT2D eigenvalue weighted by Gasteiger charge is 2.06. The van der Waals surface area contributed by atoms with E-state index >= 15 is 0 Å². The van der Waals surface area contributed by atoms with Crippen molar-refractivity contribution in [3.8, 4) is 0 Å². The molecule has 0 spiro atoms. The van der Waals surface area contributed by atoms with E-state index in [1.165, 1.54) is 83.5 Å². The largest absolute Gasteiger partial charge is 0.463 e. The molecule has 0 heterocycles. The normalized spacial score (nSPS) is 12.3. The van der Waals surface area contributed by atoms with Gasteiger partial charge in [0.1, 0.15) is 6.61 Å². The predicted molar refractivity (Wildman–Crippen MR) is 107 cm³/mol. The molecule has 0 radical (unpaired) electrons. The van der Waals surface area contributed by atoms with Gasteiger partial charge in [0.05, 0.1) is 6.10 Å². The Labute approximate surface area is 156 Å². The minimum absolute atomic E-state index is 0.147. The van der Waals surface area contributed by atoms with Gasteiger partial charge >= 0.3 is 5.97 Å². The van der Waals surface area contributed by atoms with Crippen LogP contribution in [0.4, 0.5) is 0 Å². The molecule has 0 fully saturated rings. The summed E-state index contributed by atoms with van der Waals surface area (Å²) in [6.45, 7) is 4.30. The Morgan fingerprint density at radius 1 is 0.720 bits per heavy atom. The second kappa shape index (κ2) is 19.8. The van der Waals surface area contributed by atoms with Crippen molar-refractivity contribution >= 4 is 5.97 Å². The van der Waals surface area contributed by atoms with Crippen molar-refractivity contribution in [1.82, 2.24) is 0 Å². The zero-order chi connectivity index (χ0) is 18.6. The van der Waals surface area contributed by atoms with Crippen molar-refractivity contribution < 1.29 is 14.6 Å². The highest BCUT2D eigenvalue weighted by atomic mass is 16.5. The van der Waals surface area contributed by atoms with Gasteiger partial charge in [0.25, 0.3) is 0 Å². The van der Waals surface area contributed by atoms with Crippen LogP contribution < -0.4 is 0 Å². The molecule has 1 N–H and O–H groups in total. The topological polar surface area (TPSA) is 46.5 Å². The molecule has 0 aromatic carbocycles. The minimum atomic E-state index is -0.509. The average Bonchev–Trinajstić information content (AvgIpc) is 2.62. The van der Waals surface area contributed by atoms with E-state index in [2.05, 4.69) is 6.92 Å². The molecule has 0 saturated carbocycles. The van der Waals surface area contributed by atoms with Crippen LogP contribution in [0, 0.1) is 0 Å². The van der Waals surface area contributed by atoms with Gasteiger partial charge < -0.3 is 9.84 Å². The molecule has 150 valence electrons. The summed E-state index contributed by atoms with van der Waals surface area (Å²) in [7, 11) is 0. The van der Waals surface area contributed by atoms with Crippen molar-refractivity contribution in [3.05, 3.63) is 0 Å². The Hall–Kier alpha value is -0.570. The average molecular weight is 357 g/mol. The minimum Gasteiger partial charge on any atom is -0.463 e. The second-order valence-corrected chi connectivity index (χ2v) is 7.44. The molecule has 0 amide bonds. The van der Waals surface area contributed by atoms with E-state index in [4.69, 9.17) is 4.74 Å². The molecule has 1 unspecified atom stereocenters. The number of aliphatic hydroxyl groups excluding tert-OH is 1. The van der Waals surface area contributed by atoms with Crippen LogP contribution in [0.25, 0.3) is 0 Å². The third-order valence-corrected chi connectivity index (χ3v) is 4.89. The van der Waals surface area contributed by atoms with Crippen LogP contribution in [0.15, 0.2) is 0 Å². The van der Waals surface area contributed by atoms with Crippen LogP contribution in [-0.2, 0) is 9.53 Å². The van der Waals surface area contributed by atoms with Crippen LogP contribution in [0.1, 0.15) is 123 Å². The smallest absolute Gasteiger partial charge is 0.305 e. The number of rotatable bonds is 19. The van der Waals surface area contributed by atoms with Crippen LogP contribution in [0.3, 0.4) is 0 Å². The highest BCUT2D eigenvalue weighted by molar-refractivity contribution is 5.69. The van der Waals surface area contributed by atoms with E-state index in [-0.39, 0.29) is 12.6 Å². The predicted octanol–water partition coefficient (Wildman–Crippen LogP) is 6.56. The van der Waals surface area contributed by atoms with Crippen molar-refractivity contribution in [2.24, 2.45) is 0 Å². The summed E-state index contributed by atoms with van der Waals surface area (Å²) in [5.41, 5.74) is 0. The molecule has 0 bridgehead atoms. The molecule has 1 atom stereocenters. The number of carbonyl (C=O) groups is 1.